The summed E-state index contributed by atoms with van der Waals surface area (Å²) in [5.41, 5.74) is 0.787. The molecule has 0 aliphatic rings. The van der Waals surface area contributed by atoms with Crippen LogP contribution in [-0.4, -0.2) is 6.03 Å². The van der Waals surface area contributed by atoms with Crippen LogP contribution in [0.2, 0.25) is 0 Å². The average molecular weight is 190 g/mol. The van der Waals surface area contributed by atoms with Gasteiger partial charge in [0.25, 0.3) is 0 Å². The monoisotopic (exact) mass is 190 g/mol. The molecule has 1 aromatic rings. The van der Waals surface area contributed by atoms with E-state index in [9.17, 15) is 4.79 Å². The summed E-state index contributed by atoms with van der Waals surface area (Å²) in [5.74, 6) is 0. The number of hydrogen-bond acceptors (Lipinski definition) is 1. The lowest BCUT2D eigenvalue weighted by molar-refractivity contribution is 0.255. The molecule has 0 atom stereocenters. The van der Waals surface area contributed by atoms with Gasteiger partial charge in [-0.2, -0.15) is 0 Å². The van der Waals surface area contributed by atoms with E-state index < -0.39 is 0 Å². The molecule has 0 heterocycles. The Balaban J connectivity index is 2.38. The summed E-state index contributed by atoms with van der Waals surface area (Å²) >= 11 is 0. The standard InChI is InChI=1S/C11H14N2O/c1-2-3-9-12-11(14)13-10-7-5-4-6-8-10/h3-9H,2H2,1H3,(H2,12,13,14)/b9-3+. The number of urea groups is 1. The topological polar surface area (TPSA) is 41.1 Å². The number of nitrogens with one attached hydrogen (secondary N) is 2. The zero-order valence-corrected chi connectivity index (χ0v) is 8.16. The molecule has 2 N–H and O–H groups in total. The maximum absolute atomic E-state index is 11.2. The first kappa shape index (κ1) is 10.3. The third-order valence-electron chi connectivity index (χ3n) is 1.60. The van der Waals surface area contributed by atoms with Crippen molar-refractivity contribution in [2.45, 2.75) is 13.3 Å². The van der Waals surface area contributed by atoms with Crippen molar-refractivity contribution in [1.82, 2.24) is 5.32 Å². The van der Waals surface area contributed by atoms with Gasteiger partial charge in [-0.1, -0.05) is 31.2 Å². The van der Waals surface area contributed by atoms with Crippen molar-refractivity contribution in [3.8, 4) is 0 Å². The highest BCUT2D eigenvalue weighted by Gasteiger charge is 1.96. The molecule has 1 rings (SSSR count). The van der Waals surface area contributed by atoms with E-state index in [2.05, 4.69) is 10.6 Å². The van der Waals surface area contributed by atoms with Gasteiger partial charge in [-0.25, -0.2) is 4.79 Å². The third-order valence-corrected chi connectivity index (χ3v) is 1.60. The van der Waals surface area contributed by atoms with Gasteiger partial charge < -0.3 is 10.6 Å². The van der Waals surface area contributed by atoms with Crippen molar-refractivity contribution in [3.63, 3.8) is 0 Å². The summed E-state index contributed by atoms with van der Waals surface area (Å²) in [4.78, 5) is 11.2. The molecule has 0 unspecified atom stereocenters. The zero-order chi connectivity index (χ0) is 10.2. The van der Waals surface area contributed by atoms with Crippen molar-refractivity contribution in [2.75, 3.05) is 5.32 Å². The van der Waals surface area contributed by atoms with Crippen LogP contribution in [0.3, 0.4) is 0 Å². The zero-order valence-electron chi connectivity index (χ0n) is 8.16. The van der Waals surface area contributed by atoms with Crippen LogP contribution < -0.4 is 10.6 Å². The molecule has 0 aliphatic carbocycles. The Labute approximate surface area is 83.8 Å². The summed E-state index contributed by atoms with van der Waals surface area (Å²) in [6.07, 6.45) is 4.43. The highest BCUT2D eigenvalue weighted by Crippen LogP contribution is 2.03. The van der Waals surface area contributed by atoms with Gasteiger partial charge >= 0.3 is 6.03 Å². The van der Waals surface area contributed by atoms with Gasteiger partial charge in [0.05, 0.1) is 0 Å². The second-order valence-corrected chi connectivity index (χ2v) is 2.78. The van der Waals surface area contributed by atoms with Gasteiger partial charge in [0.1, 0.15) is 0 Å². The molecule has 0 bridgehead atoms. The molecule has 3 heteroatoms. The van der Waals surface area contributed by atoms with Crippen LogP contribution in [0.1, 0.15) is 13.3 Å². The quantitative estimate of drug-likeness (QED) is 0.756. The highest BCUT2D eigenvalue weighted by atomic mass is 16.2. The third kappa shape index (κ3) is 3.76. The van der Waals surface area contributed by atoms with Gasteiger partial charge in [0.2, 0.25) is 0 Å². The predicted octanol–water partition coefficient (Wildman–Crippen LogP) is 2.73. The first-order valence-corrected chi connectivity index (χ1v) is 4.60. The number of rotatable bonds is 3. The Morgan fingerprint density at radius 3 is 2.71 bits per heavy atom. The Kier molecular flexibility index (Phi) is 4.27. The minimum atomic E-state index is -0.221. The first-order chi connectivity index (χ1) is 6.83. The largest absolute Gasteiger partial charge is 0.323 e. The smallest absolute Gasteiger partial charge is 0.315 e. The van der Waals surface area contributed by atoms with E-state index in [4.69, 9.17) is 0 Å². The minimum absolute atomic E-state index is 0.221. The van der Waals surface area contributed by atoms with Crippen molar-refractivity contribution < 1.29 is 4.79 Å². The fourth-order valence-electron chi connectivity index (χ4n) is 0.941. The Bertz CT molecular complexity index is 306. The molecule has 1 aromatic carbocycles. The number of benzene rings is 1. The Morgan fingerprint density at radius 2 is 2.07 bits per heavy atom. The lowest BCUT2D eigenvalue weighted by Gasteiger charge is -2.03. The predicted molar refractivity (Wildman–Crippen MR) is 58.0 cm³/mol. The van der Waals surface area contributed by atoms with Gasteiger partial charge in [0, 0.05) is 11.9 Å². The Morgan fingerprint density at radius 1 is 1.36 bits per heavy atom. The summed E-state index contributed by atoms with van der Waals surface area (Å²) in [5, 5.41) is 5.30. The van der Waals surface area contributed by atoms with Gasteiger partial charge in [0.15, 0.2) is 0 Å². The molecular weight excluding hydrogens is 176 g/mol. The van der Waals surface area contributed by atoms with Crippen molar-refractivity contribution >= 4 is 11.7 Å². The maximum Gasteiger partial charge on any atom is 0.323 e. The van der Waals surface area contributed by atoms with Crippen LogP contribution in [0.5, 0.6) is 0 Å². The summed E-state index contributed by atoms with van der Waals surface area (Å²) in [6, 6.07) is 9.10. The molecule has 74 valence electrons. The molecule has 0 saturated carbocycles. The lowest BCUT2D eigenvalue weighted by Crippen LogP contribution is -2.23. The van der Waals surface area contributed by atoms with E-state index in [1.807, 2.05) is 43.3 Å². The number of allylic oxidation sites excluding steroid dienone is 1. The van der Waals surface area contributed by atoms with Crippen LogP contribution in [0.25, 0.3) is 0 Å². The second kappa shape index (κ2) is 5.80. The molecule has 0 fully saturated rings. The molecule has 0 radical (unpaired) electrons. The lowest BCUT2D eigenvalue weighted by atomic mass is 10.3. The second-order valence-electron chi connectivity index (χ2n) is 2.78. The minimum Gasteiger partial charge on any atom is -0.315 e. The molecule has 3 nitrogen and oxygen atoms in total. The molecule has 0 aliphatic heterocycles. The molecule has 0 saturated heterocycles. The summed E-state index contributed by atoms with van der Waals surface area (Å²) < 4.78 is 0. The number of para-hydroxylation sites is 1. The summed E-state index contributed by atoms with van der Waals surface area (Å²) in [6.45, 7) is 2.01. The average Bonchev–Trinajstić information content (AvgIpc) is 2.20. The van der Waals surface area contributed by atoms with Crippen LogP contribution in [-0.2, 0) is 0 Å². The van der Waals surface area contributed by atoms with Crippen LogP contribution in [0.4, 0.5) is 10.5 Å². The number of amides is 2. The highest BCUT2D eigenvalue weighted by molar-refractivity contribution is 5.89. The number of hydrogen-bond donors (Lipinski definition) is 2. The molecule has 2 amide bonds. The maximum atomic E-state index is 11.2. The van der Waals surface area contributed by atoms with Crippen LogP contribution in [0.15, 0.2) is 42.6 Å². The number of anilines is 1. The molecular formula is C11H14N2O. The fourth-order valence-corrected chi connectivity index (χ4v) is 0.941. The van der Waals surface area contributed by atoms with E-state index in [0.717, 1.165) is 12.1 Å². The van der Waals surface area contributed by atoms with Gasteiger partial charge in [-0.3, -0.25) is 0 Å². The number of carbonyl (C=O) groups is 1. The number of carbonyl (C=O) groups excluding carboxylic acids is 1. The fraction of sp³-hybridized carbons (Fsp3) is 0.182. The van der Waals surface area contributed by atoms with Gasteiger partial charge in [-0.15, -0.1) is 0 Å². The SMILES string of the molecule is CC/C=C/NC(=O)Nc1ccccc1. The van der Waals surface area contributed by atoms with E-state index in [0.29, 0.717) is 0 Å². The van der Waals surface area contributed by atoms with E-state index in [1.165, 1.54) is 0 Å². The van der Waals surface area contributed by atoms with Crippen molar-refractivity contribution in [3.05, 3.63) is 42.6 Å². The first-order valence-electron chi connectivity index (χ1n) is 4.60. The normalized spacial score (nSPS) is 10.1. The van der Waals surface area contributed by atoms with Crippen LogP contribution >= 0.6 is 0 Å². The molecule has 0 aromatic heterocycles. The van der Waals surface area contributed by atoms with E-state index in [1.54, 1.807) is 6.20 Å². The van der Waals surface area contributed by atoms with Crippen LogP contribution in [0, 0.1) is 0 Å². The Hall–Kier alpha value is -1.77. The summed E-state index contributed by atoms with van der Waals surface area (Å²) in [7, 11) is 0. The van der Waals surface area contributed by atoms with E-state index in [-0.39, 0.29) is 6.03 Å². The molecule has 0 spiro atoms. The van der Waals surface area contributed by atoms with Crippen molar-refractivity contribution in [2.24, 2.45) is 0 Å². The van der Waals surface area contributed by atoms with Crippen molar-refractivity contribution in [1.29, 1.82) is 0 Å². The van der Waals surface area contributed by atoms with Gasteiger partial charge in [-0.05, 0) is 18.6 Å². The van der Waals surface area contributed by atoms with E-state index >= 15 is 0 Å². The molecule has 14 heavy (non-hydrogen) atoms.